The lowest BCUT2D eigenvalue weighted by atomic mass is 9.98. The number of benzene rings is 2. The van der Waals surface area contributed by atoms with Gasteiger partial charge in [-0.25, -0.2) is 0 Å². The van der Waals surface area contributed by atoms with Crippen LogP contribution in [0.5, 0.6) is 0 Å². The largest absolute Gasteiger partial charge is 0.288 e. The van der Waals surface area contributed by atoms with Crippen LogP contribution in [0.1, 0.15) is 21.6 Å². The number of nitrogens with zero attached hydrogens (tertiary/aromatic N) is 2. The van der Waals surface area contributed by atoms with Gasteiger partial charge in [0.25, 0.3) is 0 Å². The molecule has 0 N–H and O–H groups in total. The normalized spacial score (nSPS) is 10.8. The summed E-state index contributed by atoms with van der Waals surface area (Å²) in [5.41, 5.74) is 3.36. The third kappa shape index (κ3) is 2.90. The van der Waals surface area contributed by atoms with Crippen LogP contribution in [0.2, 0.25) is 10.0 Å². The molecule has 0 radical (unpaired) electrons. The minimum Gasteiger partial charge on any atom is -0.288 e. The van der Waals surface area contributed by atoms with Gasteiger partial charge in [-0.1, -0.05) is 53.5 Å². The minimum absolute atomic E-state index is 0.156. The van der Waals surface area contributed by atoms with Crippen LogP contribution >= 0.6 is 23.2 Å². The van der Waals surface area contributed by atoms with Crippen LogP contribution in [0.25, 0.3) is 11.3 Å². The number of rotatable bonds is 3. The Balaban J connectivity index is 2.19. The van der Waals surface area contributed by atoms with E-state index in [0.717, 1.165) is 11.3 Å². The monoisotopic (exact) mass is 344 g/mol. The van der Waals surface area contributed by atoms with Gasteiger partial charge in [-0.3, -0.25) is 9.48 Å². The van der Waals surface area contributed by atoms with Crippen molar-refractivity contribution >= 4 is 29.0 Å². The summed E-state index contributed by atoms with van der Waals surface area (Å²) in [5, 5.41) is 5.24. The molecular formula is C18H14Cl2N2O. The Morgan fingerprint density at radius 3 is 2.43 bits per heavy atom. The average Bonchev–Trinajstić information content (AvgIpc) is 2.82. The van der Waals surface area contributed by atoms with Gasteiger partial charge in [0.15, 0.2) is 5.78 Å². The first-order chi connectivity index (χ1) is 11.0. The highest BCUT2D eigenvalue weighted by atomic mass is 35.5. The maximum atomic E-state index is 13.0. The van der Waals surface area contributed by atoms with Gasteiger partial charge < -0.3 is 0 Å². The fourth-order valence-electron chi connectivity index (χ4n) is 2.67. The van der Waals surface area contributed by atoms with Crippen LogP contribution in [-0.2, 0) is 7.05 Å². The van der Waals surface area contributed by atoms with Crippen LogP contribution in [-0.4, -0.2) is 15.6 Å². The van der Waals surface area contributed by atoms with Crippen molar-refractivity contribution in [3.8, 4) is 11.3 Å². The molecule has 0 amide bonds. The van der Waals surface area contributed by atoms with E-state index in [0.29, 0.717) is 26.9 Å². The molecule has 1 aromatic heterocycles. The van der Waals surface area contributed by atoms with Crippen LogP contribution in [0.15, 0.2) is 48.5 Å². The number of aromatic nitrogens is 2. The first-order valence-electron chi connectivity index (χ1n) is 7.08. The molecule has 3 aromatic rings. The van der Waals surface area contributed by atoms with Gasteiger partial charge in [0.05, 0.1) is 22.0 Å². The lowest BCUT2D eigenvalue weighted by Gasteiger charge is -2.08. The molecule has 0 aliphatic carbocycles. The molecule has 2 aromatic carbocycles. The van der Waals surface area contributed by atoms with E-state index in [4.69, 9.17) is 23.2 Å². The van der Waals surface area contributed by atoms with Gasteiger partial charge in [0.1, 0.15) is 0 Å². The highest BCUT2D eigenvalue weighted by Gasteiger charge is 2.24. The summed E-state index contributed by atoms with van der Waals surface area (Å²) in [4.78, 5) is 13.0. The van der Waals surface area contributed by atoms with Gasteiger partial charge in [-0.2, -0.15) is 5.10 Å². The molecule has 0 bridgehead atoms. The molecule has 5 heteroatoms. The molecule has 0 spiro atoms. The first-order valence-corrected chi connectivity index (χ1v) is 7.83. The number of aryl methyl sites for hydroxylation is 2. The molecule has 3 rings (SSSR count). The van der Waals surface area contributed by atoms with Crippen LogP contribution in [0.3, 0.4) is 0 Å². The second-order valence-corrected chi connectivity index (χ2v) is 6.10. The SMILES string of the molecule is Cc1nn(C)c(-c2ccccc2)c1C(=O)c1ccc(Cl)cc1Cl. The predicted octanol–water partition coefficient (Wildman–Crippen LogP) is 4.93. The highest BCUT2D eigenvalue weighted by molar-refractivity contribution is 6.37. The maximum Gasteiger partial charge on any atom is 0.198 e. The summed E-state index contributed by atoms with van der Waals surface area (Å²) in [5.74, 6) is -0.156. The molecule has 3 nitrogen and oxygen atoms in total. The molecule has 0 saturated heterocycles. The summed E-state index contributed by atoms with van der Waals surface area (Å²) in [7, 11) is 1.83. The zero-order chi connectivity index (χ0) is 16.6. The van der Waals surface area contributed by atoms with Crippen LogP contribution < -0.4 is 0 Å². The predicted molar refractivity (Wildman–Crippen MR) is 93.3 cm³/mol. The fourth-order valence-corrected chi connectivity index (χ4v) is 3.16. The van der Waals surface area contributed by atoms with E-state index in [1.807, 2.05) is 44.3 Å². The van der Waals surface area contributed by atoms with Crippen molar-refractivity contribution in [2.75, 3.05) is 0 Å². The lowest BCUT2D eigenvalue weighted by molar-refractivity contribution is 0.103. The topological polar surface area (TPSA) is 34.9 Å². The van der Waals surface area contributed by atoms with E-state index >= 15 is 0 Å². The summed E-state index contributed by atoms with van der Waals surface area (Å²) in [6, 6.07) is 14.6. The summed E-state index contributed by atoms with van der Waals surface area (Å²) < 4.78 is 1.72. The molecule has 23 heavy (non-hydrogen) atoms. The molecule has 0 unspecified atom stereocenters. The van der Waals surface area contributed by atoms with Gasteiger partial charge in [-0.05, 0) is 25.1 Å². The molecule has 0 aliphatic rings. The van der Waals surface area contributed by atoms with Crippen molar-refractivity contribution in [3.05, 3.63) is 75.4 Å². The van der Waals surface area contributed by atoms with Crippen LogP contribution in [0, 0.1) is 6.92 Å². The molecule has 0 aliphatic heterocycles. The second kappa shape index (κ2) is 6.19. The van der Waals surface area contributed by atoms with E-state index in [-0.39, 0.29) is 5.78 Å². The Morgan fingerprint density at radius 1 is 1.09 bits per heavy atom. The minimum atomic E-state index is -0.156. The molecule has 1 heterocycles. The zero-order valence-electron chi connectivity index (χ0n) is 12.7. The van der Waals surface area contributed by atoms with Crippen molar-refractivity contribution in [1.29, 1.82) is 0 Å². The number of hydrogen-bond donors (Lipinski definition) is 0. The van der Waals surface area contributed by atoms with Crippen LogP contribution in [0.4, 0.5) is 0 Å². The standard InChI is InChI=1S/C18H14Cl2N2O/c1-11-16(18(23)14-9-8-13(19)10-15(14)20)17(22(2)21-11)12-6-4-3-5-7-12/h3-10H,1-2H3. The maximum absolute atomic E-state index is 13.0. The number of carbonyl (C=O) groups is 1. The fraction of sp³-hybridized carbons (Fsp3) is 0.111. The zero-order valence-corrected chi connectivity index (χ0v) is 14.2. The third-order valence-electron chi connectivity index (χ3n) is 3.67. The quantitative estimate of drug-likeness (QED) is 0.631. The highest BCUT2D eigenvalue weighted by Crippen LogP contribution is 2.30. The molecule has 0 fully saturated rings. The Kier molecular flexibility index (Phi) is 4.24. The Bertz CT molecular complexity index is 886. The smallest absolute Gasteiger partial charge is 0.198 e. The molecule has 0 atom stereocenters. The number of halogens is 2. The van der Waals surface area contributed by atoms with Gasteiger partial charge >= 0.3 is 0 Å². The van der Waals surface area contributed by atoms with Crippen molar-refractivity contribution in [2.24, 2.45) is 7.05 Å². The molecular weight excluding hydrogens is 331 g/mol. The van der Waals surface area contributed by atoms with E-state index in [9.17, 15) is 4.79 Å². The summed E-state index contributed by atoms with van der Waals surface area (Å²) >= 11 is 12.1. The van der Waals surface area contributed by atoms with E-state index < -0.39 is 0 Å². The van der Waals surface area contributed by atoms with E-state index in [1.165, 1.54) is 0 Å². The van der Waals surface area contributed by atoms with E-state index in [1.54, 1.807) is 22.9 Å². The Hall–Kier alpha value is -2.10. The van der Waals surface area contributed by atoms with Gasteiger partial charge in [0, 0.05) is 23.2 Å². The van der Waals surface area contributed by atoms with E-state index in [2.05, 4.69) is 5.10 Å². The first kappa shape index (κ1) is 15.8. The van der Waals surface area contributed by atoms with Crippen molar-refractivity contribution < 1.29 is 4.79 Å². The van der Waals surface area contributed by atoms with Crippen molar-refractivity contribution in [3.63, 3.8) is 0 Å². The van der Waals surface area contributed by atoms with Crippen molar-refractivity contribution in [1.82, 2.24) is 9.78 Å². The lowest BCUT2D eigenvalue weighted by Crippen LogP contribution is -2.05. The van der Waals surface area contributed by atoms with Gasteiger partial charge in [0.2, 0.25) is 0 Å². The number of ketones is 1. The molecule has 0 saturated carbocycles. The summed E-state index contributed by atoms with van der Waals surface area (Å²) in [6.07, 6.45) is 0. The second-order valence-electron chi connectivity index (χ2n) is 5.25. The average molecular weight is 345 g/mol. The summed E-state index contributed by atoms with van der Waals surface area (Å²) in [6.45, 7) is 1.82. The third-order valence-corrected chi connectivity index (χ3v) is 4.22. The Morgan fingerprint density at radius 2 is 1.78 bits per heavy atom. The molecule has 116 valence electrons. The number of carbonyl (C=O) groups excluding carboxylic acids is 1. The van der Waals surface area contributed by atoms with Gasteiger partial charge in [-0.15, -0.1) is 0 Å². The van der Waals surface area contributed by atoms with Crippen molar-refractivity contribution in [2.45, 2.75) is 6.92 Å². The number of hydrogen-bond acceptors (Lipinski definition) is 2. The Labute approximate surface area is 144 Å².